The van der Waals surface area contributed by atoms with Crippen molar-refractivity contribution in [1.29, 1.82) is 0 Å². The van der Waals surface area contributed by atoms with Crippen LogP contribution in [0.4, 0.5) is 29.3 Å². The van der Waals surface area contributed by atoms with Gasteiger partial charge in [0.15, 0.2) is 0 Å². The number of hydrogen-bond donors (Lipinski definition) is 1. The molecule has 0 fully saturated rings. The highest BCUT2D eigenvalue weighted by atomic mass is 19.4. The summed E-state index contributed by atoms with van der Waals surface area (Å²) in [6.07, 6.45) is -4.03. The SMILES string of the molecule is CCCCOC(=O)N(C)Nc1ccc(C(F)(F)F)cc1[N+](=O)[O-]. The molecular formula is C13H16F3N3O4. The van der Waals surface area contributed by atoms with E-state index >= 15 is 0 Å². The van der Waals surface area contributed by atoms with Gasteiger partial charge in [-0.3, -0.25) is 15.5 Å². The number of anilines is 1. The number of carbonyl (C=O) groups is 1. The number of rotatable bonds is 6. The molecule has 0 atom stereocenters. The Morgan fingerprint density at radius 1 is 1.43 bits per heavy atom. The average molecular weight is 335 g/mol. The van der Waals surface area contributed by atoms with Gasteiger partial charge < -0.3 is 4.74 Å². The molecule has 128 valence electrons. The van der Waals surface area contributed by atoms with Gasteiger partial charge >= 0.3 is 12.3 Å². The molecule has 0 aliphatic heterocycles. The molecule has 23 heavy (non-hydrogen) atoms. The van der Waals surface area contributed by atoms with E-state index in [1.165, 1.54) is 7.05 Å². The molecule has 0 unspecified atom stereocenters. The lowest BCUT2D eigenvalue weighted by Crippen LogP contribution is -2.33. The minimum Gasteiger partial charge on any atom is -0.448 e. The lowest BCUT2D eigenvalue weighted by Gasteiger charge is -2.19. The van der Waals surface area contributed by atoms with Crippen LogP contribution in [-0.4, -0.2) is 29.7 Å². The number of halogens is 3. The summed E-state index contributed by atoms with van der Waals surface area (Å²) in [6.45, 7) is 2.08. The van der Waals surface area contributed by atoms with Crippen molar-refractivity contribution in [2.45, 2.75) is 25.9 Å². The normalized spacial score (nSPS) is 11.0. The molecule has 0 saturated carbocycles. The number of unbranched alkanes of at least 4 members (excludes halogenated alkanes) is 1. The first-order valence-corrected chi connectivity index (χ1v) is 6.69. The van der Waals surface area contributed by atoms with Gasteiger partial charge in [0, 0.05) is 13.1 Å². The van der Waals surface area contributed by atoms with Crippen LogP contribution in [0.2, 0.25) is 0 Å². The van der Waals surface area contributed by atoms with Crippen LogP contribution in [0.25, 0.3) is 0 Å². The second-order valence-corrected chi connectivity index (χ2v) is 4.63. The summed E-state index contributed by atoms with van der Waals surface area (Å²) in [5, 5.41) is 11.8. The monoisotopic (exact) mass is 335 g/mol. The number of nitrogens with zero attached hydrogens (tertiary/aromatic N) is 2. The fraction of sp³-hybridized carbons (Fsp3) is 0.462. The highest BCUT2D eigenvalue weighted by molar-refractivity contribution is 5.72. The Balaban J connectivity index is 2.91. The smallest absolute Gasteiger partial charge is 0.428 e. The standard InChI is InChI=1S/C13H16F3N3O4/c1-3-4-7-23-12(20)18(2)17-10-6-5-9(13(14,15)16)8-11(10)19(21)22/h5-6,8,17H,3-4,7H2,1-2H3. The molecule has 1 rings (SSSR count). The zero-order chi connectivity index (χ0) is 17.6. The molecule has 1 amide bonds. The van der Waals surface area contributed by atoms with Gasteiger partial charge in [-0.05, 0) is 18.6 Å². The van der Waals surface area contributed by atoms with E-state index in [0.717, 1.165) is 17.5 Å². The molecule has 10 heteroatoms. The van der Waals surface area contributed by atoms with Gasteiger partial charge in [0.25, 0.3) is 5.69 Å². The van der Waals surface area contributed by atoms with E-state index in [-0.39, 0.29) is 12.3 Å². The second-order valence-electron chi connectivity index (χ2n) is 4.63. The predicted octanol–water partition coefficient (Wildman–Crippen LogP) is 3.81. The van der Waals surface area contributed by atoms with Crippen LogP contribution in [0, 0.1) is 10.1 Å². The third-order valence-electron chi connectivity index (χ3n) is 2.81. The Morgan fingerprint density at radius 2 is 2.09 bits per heavy atom. The van der Waals surface area contributed by atoms with Gasteiger partial charge in [0.05, 0.1) is 17.1 Å². The molecule has 1 aromatic carbocycles. The quantitative estimate of drug-likeness (QED) is 0.485. The summed E-state index contributed by atoms with van der Waals surface area (Å²) in [6, 6.07) is 1.97. The minimum atomic E-state index is -4.70. The number of nitro benzene ring substituents is 1. The van der Waals surface area contributed by atoms with Crippen molar-refractivity contribution in [3.8, 4) is 0 Å². The van der Waals surface area contributed by atoms with Crippen molar-refractivity contribution in [2.75, 3.05) is 19.1 Å². The van der Waals surface area contributed by atoms with E-state index in [9.17, 15) is 28.1 Å². The molecule has 7 nitrogen and oxygen atoms in total. The highest BCUT2D eigenvalue weighted by Gasteiger charge is 2.33. The molecule has 0 aliphatic rings. The van der Waals surface area contributed by atoms with Crippen molar-refractivity contribution < 1.29 is 27.6 Å². The first-order chi connectivity index (χ1) is 10.7. The van der Waals surface area contributed by atoms with Gasteiger partial charge in [-0.2, -0.15) is 13.2 Å². The molecule has 0 aliphatic carbocycles. The van der Waals surface area contributed by atoms with Crippen LogP contribution in [0.5, 0.6) is 0 Å². The van der Waals surface area contributed by atoms with Gasteiger partial charge in [-0.1, -0.05) is 13.3 Å². The maximum absolute atomic E-state index is 12.6. The largest absolute Gasteiger partial charge is 0.448 e. The molecule has 0 spiro atoms. The second kappa shape index (κ2) is 7.65. The summed E-state index contributed by atoms with van der Waals surface area (Å²) in [5.74, 6) is 0. The van der Waals surface area contributed by atoms with Crippen LogP contribution in [0.1, 0.15) is 25.3 Å². The maximum atomic E-state index is 12.6. The van der Waals surface area contributed by atoms with E-state index in [4.69, 9.17) is 4.74 Å². The van der Waals surface area contributed by atoms with Gasteiger partial charge in [-0.15, -0.1) is 0 Å². The Bertz CT molecular complexity index is 578. The molecule has 1 N–H and O–H groups in total. The fourth-order valence-corrected chi connectivity index (χ4v) is 1.58. The Labute approximate surface area is 130 Å². The maximum Gasteiger partial charge on any atom is 0.428 e. The average Bonchev–Trinajstić information content (AvgIpc) is 2.46. The number of nitrogens with one attached hydrogen (secondary N) is 1. The van der Waals surface area contributed by atoms with Gasteiger partial charge in [-0.25, -0.2) is 9.80 Å². The molecular weight excluding hydrogens is 319 g/mol. The minimum absolute atomic E-state index is 0.177. The van der Waals surface area contributed by atoms with E-state index in [1.807, 2.05) is 6.92 Å². The zero-order valence-electron chi connectivity index (χ0n) is 12.5. The molecule has 0 saturated heterocycles. The molecule has 0 aromatic heterocycles. The Morgan fingerprint density at radius 3 is 2.61 bits per heavy atom. The molecule has 0 radical (unpaired) electrons. The van der Waals surface area contributed by atoms with Crippen molar-refractivity contribution in [1.82, 2.24) is 5.01 Å². The number of hydrazine groups is 1. The summed E-state index contributed by atoms with van der Waals surface area (Å²) in [5.41, 5.74) is 0.147. The molecule has 0 heterocycles. The van der Waals surface area contributed by atoms with Crippen LogP contribution in [0.3, 0.4) is 0 Å². The van der Waals surface area contributed by atoms with Crippen LogP contribution in [-0.2, 0) is 10.9 Å². The number of benzene rings is 1. The Hall–Kier alpha value is -2.52. The summed E-state index contributed by atoms with van der Waals surface area (Å²) >= 11 is 0. The third-order valence-corrected chi connectivity index (χ3v) is 2.81. The third kappa shape index (κ3) is 5.31. The summed E-state index contributed by atoms with van der Waals surface area (Å²) < 4.78 is 42.7. The van der Waals surface area contributed by atoms with Crippen molar-refractivity contribution in [3.63, 3.8) is 0 Å². The number of hydrogen-bond acceptors (Lipinski definition) is 5. The number of nitro groups is 1. The lowest BCUT2D eigenvalue weighted by atomic mass is 10.1. The van der Waals surface area contributed by atoms with E-state index in [2.05, 4.69) is 5.43 Å². The van der Waals surface area contributed by atoms with Crippen LogP contribution >= 0.6 is 0 Å². The van der Waals surface area contributed by atoms with E-state index < -0.39 is 28.4 Å². The predicted molar refractivity (Wildman–Crippen MR) is 75.7 cm³/mol. The van der Waals surface area contributed by atoms with Crippen molar-refractivity contribution in [3.05, 3.63) is 33.9 Å². The van der Waals surface area contributed by atoms with E-state index in [1.54, 1.807) is 0 Å². The fourth-order valence-electron chi connectivity index (χ4n) is 1.58. The summed E-state index contributed by atoms with van der Waals surface area (Å²) in [4.78, 5) is 21.6. The van der Waals surface area contributed by atoms with Crippen molar-refractivity contribution in [2.24, 2.45) is 0 Å². The van der Waals surface area contributed by atoms with Gasteiger partial charge in [0.1, 0.15) is 5.69 Å². The first kappa shape index (κ1) is 18.5. The number of alkyl halides is 3. The molecule has 1 aromatic rings. The van der Waals surface area contributed by atoms with Crippen LogP contribution in [0.15, 0.2) is 18.2 Å². The van der Waals surface area contributed by atoms with E-state index in [0.29, 0.717) is 18.6 Å². The topological polar surface area (TPSA) is 84.7 Å². The number of amides is 1. The van der Waals surface area contributed by atoms with Gasteiger partial charge in [0.2, 0.25) is 0 Å². The lowest BCUT2D eigenvalue weighted by molar-refractivity contribution is -0.384. The Kier molecular flexibility index (Phi) is 6.17. The van der Waals surface area contributed by atoms with Crippen LogP contribution < -0.4 is 5.43 Å². The number of carbonyl (C=O) groups excluding carboxylic acids is 1. The molecule has 0 bridgehead atoms. The number of ether oxygens (including phenoxy) is 1. The van der Waals surface area contributed by atoms with Crippen molar-refractivity contribution >= 4 is 17.5 Å². The first-order valence-electron chi connectivity index (χ1n) is 6.69. The highest BCUT2D eigenvalue weighted by Crippen LogP contribution is 2.35. The zero-order valence-corrected chi connectivity index (χ0v) is 12.5. The summed E-state index contributed by atoms with van der Waals surface area (Å²) in [7, 11) is 1.25.